The number of anilines is 1. The standard InChI is InChI=1S/C16H19N3O/c1-20-11-4-2-3-10-14(11)18-16(17)19(10)15-12-8-5-6-9(7-8)13(12)15/h2-4,8-9,12-13,15H,5-7H2,1H3,(H2,17,18). The van der Waals surface area contributed by atoms with Gasteiger partial charge < -0.3 is 15.0 Å². The summed E-state index contributed by atoms with van der Waals surface area (Å²) in [6, 6.07) is 6.71. The minimum Gasteiger partial charge on any atom is -0.494 e. The van der Waals surface area contributed by atoms with Gasteiger partial charge in [-0.3, -0.25) is 0 Å². The highest BCUT2D eigenvalue weighted by Gasteiger charge is 2.66. The van der Waals surface area contributed by atoms with Gasteiger partial charge in [-0.05, 0) is 55.1 Å². The topological polar surface area (TPSA) is 53.1 Å². The van der Waals surface area contributed by atoms with Crippen molar-refractivity contribution in [3.05, 3.63) is 18.2 Å². The van der Waals surface area contributed by atoms with Crippen LogP contribution in [0.5, 0.6) is 5.75 Å². The predicted octanol–water partition coefficient (Wildman–Crippen LogP) is 2.84. The first kappa shape index (κ1) is 11.0. The second-order valence-electron chi connectivity index (χ2n) is 6.65. The zero-order valence-electron chi connectivity index (χ0n) is 11.6. The second-order valence-corrected chi connectivity index (χ2v) is 6.65. The molecule has 0 aliphatic heterocycles. The van der Waals surface area contributed by atoms with Gasteiger partial charge in [0.05, 0.1) is 12.6 Å². The summed E-state index contributed by atoms with van der Waals surface area (Å²) in [4.78, 5) is 4.56. The third-order valence-corrected chi connectivity index (χ3v) is 5.92. The normalized spacial score (nSPS) is 37.4. The molecule has 2 bridgehead atoms. The van der Waals surface area contributed by atoms with Crippen LogP contribution in [-0.2, 0) is 0 Å². The van der Waals surface area contributed by atoms with Crippen LogP contribution in [0.3, 0.4) is 0 Å². The maximum absolute atomic E-state index is 6.23. The fourth-order valence-electron chi connectivity index (χ4n) is 5.21. The van der Waals surface area contributed by atoms with Gasteiger partial charge in [0.25, 0.3) is 0 Å². The first-order valence-electron chi connectivity index (χ1n) is 7.60. The molecule has 3 aliphatic carbocycles. The molecular formula is C16H19N3O. The minimum absolute atomic E-state index is 0.596. The van der Waals surface area contributed by atoms with Crippen LogP contribution < -0.4 is 10.5 Å². The number of rotatable bonds is 2. The molecule has 1 heterocycles. The highest BCUT2D eigenvalue weighted by molar-refractivity contribution is 5.84. The van der Waals surface area contributed by atoms with E-state index in [0.717, 1.165) is 40.5 Å². The number of ether oxygens (including phenoxy) is 1. The number of nitrogens with zero attached hydrogens (tertiary/aromatic N) is 2. The zero-order valence-corrected chi connectivity index (χ0v) is 11.6. The van der Waals surface area contributed by atoms with Crippen LogP contribution in [0.15, 0.2) is 18.2 Å². The van der Waals surface area contributed by atoms with Gasteiger partial charge in [-0.1, -0.05) is 6.07 Å². The summed E-state index contributed by atoms with van der Waals surface area (Å²) in [5.74, 6) is 5.08. The van der Waals surface area contributed by atoms with Crippen LogP contribution in [0.1, 0.15) is 25.3 Å². The van der Waals surface area contributed by atoms with Crippen molar-refractivity contribution in [2.45, 2.75) is 25.3 Å². The molecule has 4 nitrogen and oxygen atoms in total. The number of hydrogen-bond acceptors (Lipinski definition) is 3. The van der Waals surface area contributed by atoms with Crippen LogP contribution in [0.2, 0.25) is 0 Å². The maximum atomic E-state index is 6.23. The van der Waals surface area contributed by atoms with Crippen molar-refractivity contribution in [3.63, 3.8) is 0 Å². The molecule has 0 radical (unpaired) electrons. The van der Waals surface area contributed by atoms with E-state index >= 15 is 0 Å². The predicted molar refractivity (Wildman–Crippen MR) is 77.5 cm³/mol. The first-order valence-corrected chi connectivity index (χ1v) is 7.60. The number of para-hydroxylation sites is 1. The lowest BCUT2D eigenvalue weighted by molar-refractivity contribution is 0.419. The van der Waals surface area contributed by atoms with E-state index in [1.807, 2.05) is 12.1 Å². The zero-order chi connectivity index (χ0) is 13.4. The first-order chi connectivity index (χ1) is 9.79. The van der Waals surface area contributed by atoms with Crippen molar-refractivity contribution in [2.24, 2.45) is 23.7 Å². The highest BCUT2D eigenvalue weighted by atomic mass is 16.5. The van der Waals surface area contributed by atoms with Gasteiger partial charge in [0.1, 0.15) is 11.3 Å². The summed E-state index contributed by atoms with van der Waals surface area (Å²) in [7, 11) is 1.69. The number of nitrogens with two attached hydrogens (primary N) is 1. The molecule has 0 spiro atoms. The smallest absolute Gasteiger partial charge is 0.201 e. The number of fused-ring (bicyclic) bond motifs is 6. The average molecular weight is 269 g/mol. The van der Waals surface area contributed by atoms with Crippen LogP contribution in [0, 0.1) is 23.7 Å². The number of benzene rings is 1. The quantitative estimate of drug-likeness (QED) is 0.912. The fourth-order valence-corrected chi connectivity index (χ4v) is 5.21. The van der Waals surface area contributed by atoms with Gasteiger partial charge >= 0.3 is 0 Å². The minimum atomic E-state index is 0.596. The van der Waals surface area contributed by atoms with Crippen molar-refractivity contribution in [2.75, 3.05) is 12.8 Å². The lowest BCUT2D eigenvalue weighted by atomic mass is 10.0. The Morgan fingerprint density at radius 2 is 2.00 bits per heavy atom. The molecule has 1 aromatic heterocycles. The summed E-state index contributed by atoms with van der Waals surface area (Å²) < 4.78 is 7.70. The van der Waals surface area contributed by atoms with Gasteiger partial charge in [-0.2, -0.15) is 0 Å². The lowest BCUT2D eigenvalue weighted by Gasteiger charge is -2.12. The molecular weight excluding hydrogens is 250 g/mol. The number of aromatic nitrogens is 2. The molecule has 5 rings (SSSR count). The van der Waals surface area contributed by atoms with E-state index in [0.29, 0.717) is 12.0 Å². The maximum Gasteiger partial charge on any atom is 0.201 e. The number of methoxy groups -OCH3 is 1. The van der Waals surface area contributed by atoms with Gasteiger partial charge in [-0.25, -0.2) is 4.98 Å². The average Bonchev–Trinajstić information content (AvgIpc) is 2.79. The van der Waals surface area contributed by atoms with Crippen molar-refractivity contribution < 1.29 is 4.74 Å². The second kappa shape index (κ2) is 3.48. The number of nitrogen functional groups attached to an aromatic ring is 1. The van der Waals surface area contributed by atoms with Gasteiger partial charge in [0.2, 0.25) is 5.95 Å². The fraction of sp³-hybridized carbons (Fsp3) is 0.562. The van der Waals surface area contributed by atoms with E-state index in [9.17, 15) is 0 Å². The number of imidazole rings is 1. The molecule has 4 unspecified atom stereocenters. The Bertz CT molecular complexity index is 691. The van der Waals surface area contributed by atoms with Crippen LogP contribution in [0.25, 0.3) is 11.0 Å². The molecule has 0 amide bonds. The van der Waals surface area contributed by atoms with Crippen LogP contribution in [0.4, 0.5) is 5.95 Å². The van der Waals surface area contributed by atoms with Gasteiger partial charge in [0.15, 0.2) is 0 Å². The molecule has 2 N–H and O–H groups in total. The van der Waals surface area contributed by atoms with E-state index in [1.165, 1.54) is 19.3 Å². The van der Waals surface area contributed by atoms with Gasteiger partial charge in [0, 0.05) is 6.04 Å². The molecule has 3 aliphatic rings. The largest absolute Gasteiger partial charge is 0.494 e. The Kier molecular flexibility index (Phi) is 1.92. The molecule has 2 aromatic rings. The van der Waals surface area contributed by atoms with Crippen molar-refractivity contribution >= 4 is 17.0 Å². The van der Waals surface area contributed by atoms with E-state index < -0.39 is 0 Å². The summed E-state index contributed by atoms with van der Waals surface area (Å²) in [6.45, 7) is 0. The Labute approximate surface area is 117 Å². The van der Waals surface area contributed by atoms with E-state index in [-0.39, 0.29) is 0 Å². The highest BCUT2D eigenvalue weighted by Crippen LogP contribution is 2.72. The summed E-state index contributed by atoms with van der Waals surface area (Å²) in [5, 5.41) is 0. The molecule has 20 heavy (non-hydrogen) atoms. The molecule has 3 saturated carbocycles. The monoisotopic (exact) mass is 269 g/mol. The summed E-state index contributed by atoms with van der Waals surface area (Å²) in [5.41, 5.74) is 8.28. The molecule has 104 valence electrons. The van der Waals surface area contributed by atoms with E-state index in [1.54, 1.807) is 7.11 Å². The van der Waals surface area contributed by atoms with Crippen LogP contribution in [-0.4, -0.2) is 16.7 Å². The Hall–Kier alpha value is -1.71. The summed E-state index contributed by atoms with van der Waals surface area (Å²) in [6.07, 6.45) is 4.32. The molecule has 1 aromatic carbocycles. The molecule has 4 atom stereocenters. The molecule has 3 fully saturated rings. The molecule has 0 saturated heterocycles. The Balaban J connectivity index is 1.65. The molecule has 4 heteroatoms. The summed E-state index contributed by atoms with van der Waals surface area (Å²) >= 11 is 0. The van der Waals surface area contributed by atoms with Crippen molar-refractivity contribution in [3.8, 4) is 5.75 Å². The SMILES string of the molecule is COc1cccc2c1nc(N)n2C1C2C3CCC(C3)C21. The third-order valence-electron chi connectivity index (χ3n) is 5.92. The van der Waals surface area contributed by atoms with Crippen molar-refractivity contribution in [1.82, 2.24) is 9.55 Å². The third kappa shape index (κ3) is 1.16. The van der Waals surface area contributed by atoms with E-state index in [4.69, 9.17) is 10.5 Å². The van der Waals surface area contributed by atoms with Gasteiger partial charge in [-0.15, -0.1) is 0 Å². The Morgan fingerprint density at radius 1 is 1.25 bits per heavy atom. The lowest BCUT2D eigenvalue weighted by Crippen LogP contribution is -2.08. The number of hydrogen-bond donors (Lipinski definition) is 1. The Morgan fingerprint density at radius 3 is 2.70 bits per heavy atom. The van der Waals surface area contributed by atoms with E-state index in [2.05, 4.69) is 15.6 Å². The van der Waals surface area contributed by atoms with Crippen molar-refractivity contribution in [1.29, 1.82) is 0 Å². The van der Waals surface area contributed by atoms with Crippen LogP contribution >= 0.6 is 0 Å².